The third-order valence-electron chi connectivity index (χ3n) is 5.77. The highest BCUT2D eigenvalue weighted by Crippen LogP contribution is 2.54. The molecule has 0 atom stereocenters. The minimum absolute atomic E-state index is 0.101. The third kappa shape index (κ3) is 2.13. The monoisotopic (exact) mass is 396 g/mol. The van der Waals surface area contributed by atoms with E-state index in [1.54, 1.807) is 18.2 Å². The van der Waals surface area contributed by atoms with Gasteiger partial charge in [-0.25, -0.2) is 0 Å². The van der Waals surface area contributed by atoms with Crippen LogP contribution >= 0.6 is 11.6 Å². The first-order valence-corrected chi connectivity index (χ1v) is 9.73. The van der Waals surface area contributed by atoms with E-state index in [2.05, 4.69) is 0 Å². The largest absolute Gasteiger partial charge is 0.455 e. The average Bonchev–Trinajstić information content (AvgIpc) is 3.20. The van der Waals surface area contributed by atoms with Gasteiger partial charge in [0.15, 0.2) is 11.6 Å². The minimum atomic E-state index is -0.521. The van der Waals surface area contributed by atoms with Crippen LogP contribution in [0.3, 0.4) is 0 Å². The lowest BCUT2D eigenvalue weighted by Crippen LogP contribution is -2.19. The van der Waals surface area contributed by atoms with Gasteiger partial charge in [0.2, 0.25) is 0 Å². The molecule has 4 heteroatoms. The number of ketones is 2. The van der Waals surface area contributed by atoms with Crippen LogP contribution in [0.5, 0.6) is 0 Å². The molecule has 138 valence electrons. The smallest absolute Gasteiger partial charge is 0.194 e. The van der Waals surface area contributed by atoms with Crippen molar-refractivity contribution in [3.05, 3.63) is 117 Å². The van der Waals surface area contributed by atoms with Crippen LogP contribution in [-0.2, 0) is 4.74 Å². The summed E-state index contributed by atoms with van der Waals surface area (Å²) in [6.07, 6.45) is 0. The van der Waals surface area contributed by atoms with E-state index in [-0.39, 0.29) is 11.6 Å². The van der Waals surface area contributed by atoms with Gasteiger partial charge < -0.3 is 4.74 Å². The number of ether oxygens (including phenoxy) is 1. The van der Waals surface area contributed by atoms with Crippen LogP contribution in [-0.4, -0.2) is 11.6 Å². The summed E-state index contributed by atoms with van der Waals surface area (Å²) >= 11 is 6.27. The standard InChI is InChI=1S/C25H13ClO3/c26-14-7-5-6-13(12-14)19-20-22(27)15-8-1-3-10-17(15)24(20)29-25-18-11-4-2-9-16(18)23(28)21(19)25/h1-12,19H. The van der Waals surface area contributed by atoms with E-state index in [0.29, 0.717) is 38.8 Å². The Morgan fingerprint density at radius 2 is 1.17 bits per heavy atom. The molecule has 0 saturated carbocycles. The van der Waals surface area contributed by atoms with E-state index in [0.717, 1.165) is 16.7 Å². The van der Waals surface area contributed by atoms with Crippen LogP contribution in [0, 0.1) is 0 Å². The van der Waals surface area contributed by atoms with Crippen molar-refractivity contribution in [2.75, 3.05) is 0 Å². The van der Waals surface area contributed by atoms with Gasteiger partial charge in [-0.05, 0) is 17.7 Å². The average molecular weight is 397 g/mol. The number of Topliss-reactive ketones (excluding diaryl/α,β-unsaturated/α-hetero) is 2. The molecule has 0 saturated heterocycles. The van der Waals surface area contributed by atoms with Crippen molar-refractivity contribution < 1.29 is 14.3 Å². The van der Waals surface area contributed by atoms with E-state index in [4.69, 9.17) is 16.3 Å². The number of carbonyl (C=O) groups excluding carboxylic acids is 2. The Morgan fingerprint density at radius 3 is 1.69 bits per heavy atom. The number of carbonyl (C=O) groups is 2. The molecular formula is C25H13ClO3. The molecule has 0 bridgehead atoms. The second-order valence-corrected chi connectivity index (χ2v) is 7.76. The Bertz CT molecular complexity index is 1250. The van der Waals surface area contributed by atoms with Crippen molar-refractivity contribution in [1.82, 2.24) is 0 Å². The van der Waals surface area contributed by atoms with Crippen molar-refractivity contribution >= 4 is 34.7 Å². The Labute approximate surface area is 171 Å². The molecule has 0 radical (unpaired) electrons. The second-order valence-electron chi connectivity index (χ2n) is 7.33. The van der Waals surface area contributed by atoms with Crippen molar-refractivity contribution in [2.24, 2.45) is 0 Å². The van der Waals surface area contributed by atoms with E-state index in [9.17, 15) is 9.59 Å². The molecule has 1 aliphatic heterocycles. The molecule has 2 aliphatic carbocycles. The molecule has 29 heavy (non-hydrogen) atoms. The van der Waals surface area contributed by atoms with E-state index < -0.39 is 5.92 Å². The van der Waals surface area contributed by atoms with Gasteiger partial charge >= 0.3 is 0 Å². The highest BCUT2D eigenvalue weighted by atomic mass is 35.5. The highest BCUT2D eigenvalue weighted by Gasteiger charge is 2.48. The maximum Gasteiger partial charge on any atom is 0.194 e. The van der Waals surface area contributed by atoms with E-state index in [1.165, 1.54) is 0 Å². The first-order chi connectivity index (χ1) is 14.1. The summed E-state index contributed by atoms with van der Waals surface area (Å²) in [5.74, 6) is 0.358. The summed E-state index contributed by atoms with van der Waals surface area (Å²) in [7, 11) is 0. The fourth-order valence-corrected chi connectivity index (χ4v) is 4.75. The van der Waals surface area contributed by atoms with Crippen LogP contribution in [0.15, 0.2) is 83.9 Å². The van der Waals surface area contributed by atoms with Crippen LogP contribution in [0.4, 0.5) is 0 Å². The predicted molar refractivity (Wildman–Crippen MR) is 111 cm³/mol. The number of benzene rings is 3. The molecule has 1 heterocycles. The summed E-state index contributed by atoms with van der Waals surface area (Å²) in [6.45, 7) is 0. The van der Waals surface area contributed by atoms with Crippen LogP contribution < -0.4 is 0 Å². The van der Waals surface area contributed by atoms with Gasteiger partial charge in [-0.3, -0.25) is 9.59 Å². The van der Waals surface area contributed by atoms with Crippen LogP contribution in [0.25, 0.3) is 11.5 Å². The van der Waals surface area contributed by atoms with Gasteiger partial charge in [0.25, 0.3) is 0 Å². The summed E-state index contributed by atoms with van der Waals surface area (Å²) in [5, 5.41) is 0.559. The lowest BCUT2D eigenvalue weighted by atomic mass is 9.80. The summed E-state index contributed by atoms with van der Waals surface area (Å²) < 4.78 is 6.29. The third-order valence-corrected chi connectivity index (χ3v) is 6.01. The number of hydrogen-bond acceptors (Lipinski definition) is 3. The topological polar surface area (TPSA) is 43.4 Å². The number of allylic oxidation sites excluding steroid dienone is 2. The van der Waals surface area contributed by atoms with Gasteiger partial charge in [-0.2, -0.15) is 0 Å². The Kier molecular flexibility index (Phi) is 3.30. The van der Waals surface area contributed by atoms with Gasteiger partial charge in [0.1, 0.15) is 11.5 Å². The van der Waals surface area contributed by atoms with Crippen LogP contribution in [0.1, 0.15) is 43.3 Å². The van der Waals surface area contributed by atoms with Crippen molar-refractivity contribution in [2.45, 2.75) is 5.92 Å². The molecule has 0 N–H and O–H groups in total. The van der Waals surface area contributed by atoms with Crippen molar-refractivity contribution in [3.63, 3.8) is 0 Å². The lowest BCUT2D eigenvalue weighted by Gasteiger charge is -2.26. The maximum absolute atomic E-state index is 13.4. The molecule has 0 fully saturated rings. The van der Waals surface area contributed by atoms with E-state index >= 15 is 0 Å². The summed E-state index contributed by atoms with van der Waals surface area (Å²) in [4.78, 5) is 26.7. The number of rotatable bonds is 1. The molecule has 0 spiro atoms. The predicted octanol–water partition coefficient (Wildman–Crippen LogP) is 5.67. The first kappa shape index (κ1) is 16.5. The molecule has 0 amide bonds. The summed E-state index contributed by atoms with van der Waals surface area (Å²) in [5.41, 5.74) is 4.56. The normalized spacial score (nSPS) is 17.1. The van der Waals surface area contributed by atoms with Gasteiger partial charge in [0.05, 0.1) is 11.1 Å². The fraction of sp³-hybridized carbons (Fsp3) is 0.0400. The molecule has 0 aromatic heterocycles. The van der Waals surface area contributed by atoms with Gasteiger partial charge in [0, 0.05) is 33.2 Å². The zero-order chi connectivity index (χ0) is 19.7. The molecule has 6 rings (SSSR count). The molecule has 3 nitrogen and oxygen atoms in total. The molecule has 3 aromatic rings. The van der Waals surface area contributed by atoms with Crippen LogP contribution in [0.2, 0.25) is 5.02 Å². The fourth-order valence-electron chi connectivity index (χ4n) is 4.55. The number of halogens is 1. The first-order valence-electron chi connectivity index (χ1n) is 9.35. The second kappa shape index (κ2) is 5.79. The zero-order valence-electron chi connectivity index (χ0n) is 15.1. The van der Waals surface area contributed by atoms with Gasteiger partial charge in [-0.15, -0.1) is 0 Å². The zero-order valence-corrected chi connectivity index (χ0v) is 15.9. The minimum Gasteiger partial charge on any atom is -0.455 e. The SMILES string of the molecule is O=C1C2=C(OC3=C(C(=O)c4ccccc43)C2c2cccc(Cl)c2)c2ccccc21. The molecule has 3 aromatic carbocycles. The summed E-state index contributed by atoms with van der Waals surface area (Å²) in [6, 6.07) is 22.2. The Morgan fingerprint density at radius 1 is 0.655 bits per heavy atom. The number of hydrogen-bond donors (Lipinski definition) is 0. The maximum atomic E-state index is 13.4. The Balaban J connectivity index is 1.65. The molecular weight excluding hydrogens is 384 g/mol. The van der Waals surface area contributed by atoms with Crippen molar-refractivity contribution in [3.8, 4) is 0 Å². The quantitative estimate of drug-likeness (QED) is 0.532. The van der Waals surface area contributed by atoms with E-state index in [1.807, 2.05) is 54.6 Å². The highest BCUT2D eigenvalue weighted by molar-refractivity contribution is 6.31. The lowest BCUT2D eigenvalue weighted by molar-refractivity contribution is 0.102. The van der Waals surface area contributed by atoms with Crippen molar-refractivity contribution in [1.29, 1.82) is 0 Å². The molecule has 3 aliphatic rings. The Hall–Kier alpha value is -3.43. The number of fused-ring (bicyclic) bond motifs is 4. The van der Waals surface area contributed by atoms with Gasteiger partial charge in [-0.1, -0.05) is 72.3 Å². The molecule has 0 unspecified atom stereocenters.